The third-order valence-corrected chi connectivity index (χ3v) is 2.87. The van der Waals surface area contributed by atoms with E-state index in [1.54, 1.807) is 4.90 Å². The molecule has 1 aliphatic rings. The third-order valence-electron chi connectivity index (χ3n) is 2.87. The molecule has 0 unspecified atom stereocenters. The highest BCUT2D eigenvalue weighted by molar-refractivity contribution is 5.85. The summed E-state index contributed by atoms with van der Waals surface area (Å²) in [6, 6.07) is 0.520. The Morgan fingerprint density at radius 1 is 1.22 bits per heavy atom. The molecule has 0 heterocycles. The molecular formula is C13H25N3O2. The van der Waals surface area contributed by atoms with Crippen molar-refractivity contribution < 1.29 is 9.59 Å². The van der Waals surface area contributed by atoms with Gasteiger partial charge < -0.3 is 15.5 Å². The van der Waals surface area contributed by atoms with Crippen LogP contribution in [0.25, 0.3) is 0 Å². The maximum Gasteiger partial charge on any atom is 0.239 e. The summed E-state index contributed by atoms with van der Waals surface area (Å²) >= 11 is 0. The Hall–Kier alpha value is -1.10. The maximum atomic E-state index is 12.0. The molecule has 0 aromatic rings. The van der Waals surface area contributed by atoms with Crippen LogP contribution in [0.2, 0.25) is 0 Å². The second kappa shape index (κ2) is 8.08. The zero-order valence-electron chi connectivity index (χ0n) is 11.5. The fourth-order valence-corrected chi connectivity index (χ4v) is 1.69. The standard InChI is InChI=1S/C13H25N3O2/c1-3-7-14-12(17)10-16(8-4-2)13(18)9-15-11-5-6-11/h11,15H,3-10H2,1-2H3,(H,14,17). The molecule has 0 atom stereocenters. The molecule has 0 saturated heterocycles. The predicted molar refractivity (Wildman–Crippen MR) is 71.2 cm³/mol. The highest BCUT2D eigenvalue weighted by Gasteiger charge is 2.23. The quantitative estimate of drug-likeness (QED) is 0.631. The van der Waals surface area contributed by atoms with Crippen molar-refractivity contribution in [1.29, 1.82) is 0 Å². The lowest BCUT2D eigenvalue weighted by Crippen LogP contribution is -2.45. The van der Waals surface area contributed by atoms with E-state index in [1.165, 1.54) is 0 Å². The molecule has 0 spiro atoms. The lowest BCUT2D eigenvalue weighted by Gasteiger charge is -2.21. The highest BCUT2D eigenvalue weighted by atomic mass is 16.2. The summed E-state index contributed by atoms with van der Waals surface area (Å²) in [7, 11) is 0. The van der Waals surface area contributed by atoms with Crippen molar-refractivity contribution in [2.24, 2.45) is 0 Å². The van der Waals surface area contributed by atoms with Crippen LogP contribution in [0.3, 0.4) is 0 Å². The SMILES string of the molecule is CCCNC(=O)CN(CCC)C(=O)CNC1CC1. The van der Waals surface area contributed by atoms with Crippen LogP contribution in [0.5, 0.6) is 0 Å². The van der Waals surface area contributed by atoms with Gasteiger partial charge in [0.1, 0.15) is 0 Å². The Morgan fingerprint density at radius 3 is 2.50 bits per heavy atom. The Labute approximate surface area is 109 Å². The summed E-state index contributed by atoms with van der Waals surface area (Å²) in [6.07, 6.45) is 4.11. The smallest absolute Gasteiger partial charge is 0.239 e. The summed E-state index contributed by atoms with van der Waals surface area (Å²) in [6.45, 7) is 5.87. The molecule has 1 saturated carbocycles. The molecule has 0 aromatic carbocycles. The van der Waals surface area contributed by atoms with Crippen molar-refractivity contribution in [2.45, 2.75) is 45.6 Å². The zero-order valence-corrected chi connectivity index (χ0v) is 11.5. The molecule has 0 radical (unpaired) electrons. The van der Waals surface area contributed by atoms with Crippen molar-refractivity contribution >= 4 is 11.8 Å². The van der Waals surface area contributed by atoms with Crippen LogP contribution in [-0.4, -0.2) is 48.9 Å². The zero-order chi connectivity index (χ0) is 13.4. The lowest BCUT2D eigenvalue weighted by atomic mass is 10.3. The van der Waals surface area contributed by atoms with E-state index in [0.29, 0.717) is 25.7 Å². The molecule has 104 valence electrons. The highest BCUT2D eigenvalue weighted by Crippen LogP contribution is 2.18. The van der Waals surface area contributed by atoms with Gasteiger partial charge in [-0.2, -0.15) is 0 Å². The van der Waals surface area contributed by atoms with Gasteiger partial charge in [0.15, 0.2) is 0 Å². The first-order valence-corrected chi connectivity index (χ1v) is 6.95. The molecule has 2 amide bonds. The first kappa shape index (κ1) is 15.0. The number of hydrogen-bond donors (Lipinski definition) is 2. The second-order valence-corrected chi connectivity index (χ2v) is 4.82. The van der Waals surface area contributed by atoms with Crippen LogP contribution in [0.4, 0.5) is 0 Å². The van der Waals surface area contributed by atoms with Crippen molar-refractivity contribution in [2.75, 3.05) is 26.2 Å². The Morgan fingerprint density at radius 2 is 1.94 bits per heavy atom. The van der Waals surface area contributed by atoms with Gasteiger partial charge in [0.05, 0.1) is 13.1 Å². The van der Waals surface area contributed by atoms with Crippen LogP contribution in [0, 0.1) is 0 Å². The van der Waals surface area contributed by atoms with E-state index >= 15 is 0 Å². The van der Waals surface area contributed by atoms with Crippen LogP contribution < -0.4 is 10.6 Å². The maximum absolute atomic E-state index is 12.0. The molecule has 1 aliphatic carbocycles. The van der Waals surface area contributed by atoms with Gasteiger partial charge in [-0.05, 0) is 25.7 Å². The first-order valence-electron chi connectivity index (χ1n) is 6.95. The minimum absolute atomic E-state index is 0.0235. The van der Waals surface area contributed by atoms with Gasteiger partial charge >= 0.3 is 0 Å². The number of amides is 2. The van der Waals surface area contributed by atoms with Crippen LogP contribution in [-0.2, 0) is 9.59 Å². The van der Waals surface area contributed by atoms with Gasteiger partial charge in [-0.25, -0.2) is 0 Å². The Balaban J connectivity index is 2.31. The number of nitrogens with one attached hydrogen (secondary N) is 2. The average Bonchev–Trinajstić information content (AvgIpc) is 3.17. The van der Waals surface area contributed by atoms with Crippen molar-refractivity contribution in [3.05, 3.63) is 0 Å². The summed E-state index contributed by atoms with van der Waals surface area (Å²) in [5.41, 5.74) is 0. The summed E-state index contributed by atoms with van der Waals surface area (Å²) in [5.74, 6) is -0.0412. The number of carbonyl (C=O) groups is 2. The van der Waals surface area contributed by atoms with E-state index in [0.717, 1.165) is 25.7 Å². The van der Waals surface area contributed by atoms with Gasteiger partial charge in [0.25, 0.3) is 0 Å². The summed E-state index contributed by atoms with van der Waals surface area (Å²) in [4.78, 5) is 25.2. The van der Waals surface area contributed by atoms with Crippen LogP contribution >= 0.6 is 0 Å². The van der Waals surface area contributed by atoms with E-state index in [9.17, 15) is 9.59 Å². The molecule has 1 fully saturated rings. The topological polar surface area (TPSA) is 61.4 Å². The third kappa shape index (κ3) is 6.00. The largest absolute Gasteiger partial charge is 0.355 e. The van der Waals surface area contributed by atoms with E-state index in [1.807, 2.05) is 13.8 Å². The molecule has 5 heteroatoms. The van der Waals surface area contributed by atoms with E-state index in [-0.39, 0.29) is 18.4 Å². The van der Waals surface area contributed by atoms with Gasteiger partial charge in [-0.15, -0.1) is 0 Å². The van der Waals surface area contributed by atoms with Crippen molar-refractivity contribution in [3.63, 3.8) is 0 Å². The monoisotopic (exact) mass is 255 g/mol. The minimum Gasteiger partial charge on any atom is -0.355 e. The summed E-state index contributed by atoms with van der Waals surface area (Å²) in [5, 5.41) is 5.99. The minimum atomic E-state index is -0.0647. The molecule has 5 nitrogen and oxygen atoms in total. The van der Waals surface area contributed by atoms with Gasteiger partial charge in [0, 0.05) is 19.1 Å². The first-order chi connectivity index (χ1) is 8.67. The fraction of sp³-hybridized carbons (Fsp3) is 0.846. The molecule has 0 aromatic heterocycles. The molecule has 0 bridgehead atoms. The number of carbonyl (C=O) groups excluding carboxylic acids is 2. The normalized spacial score (nSPS) is 14.3. The van der Waals surface area contributed by atoms with Crippen molar-refractivity contribution in [1.82, 2.24) is 15.5 Å². The second-order valence-electron chi connectivity index (χ2n) is 4.82. The van der Waals surface area contributed by atoms with Crippen LogP contribution in [0.1, 0.15) is 39.5 Å². The predicted octanol–water partition coefficient (Wildman–Crippen LogP) is 0.503. The molecule has 0 aliphatic heterocycles. The summed E-state index contributed by atoms with van der Waals surface area (Å²) < 4.78 is 0. The Bertz CT molecular complexity index is 277. The number of hydrogen-bond acceptors (Lipinski definition) is 3. The average molecular weight is 255 g/mol. The lowest BCUT2D eigenvalue weighted by molar-refractivity contribution is -0.135. The van der Waals surface area contributed by atoms with Gasteiger partial charge in [0.2, 0.25) is 11.8 Å². The van der Waals surface area contributed by atoms with Gasteiger partial charge in [-0.1, -0.05) is 13.8 Å². The molecule has 1 rings (SSSR count). The van der Waals surface area contributed by atoms with Gasteiger partial charge in [-0.3, -0.25) is 9.59 Å². The molecule has 2 N–H and O–H groups in total. The van der Waals surface area contributed by atoms with Crippen LogP contribution in [0.15, 0.2) is 0 Å². The molecular weight excluding hydrogens is 230 g/mol. The fourth-order valence-electron chi connectivity index (χ4n) is 1.69. The number of nitrogens with zero attached hydrogens (tertiary/aromatic N) is 1. The number of rotatable bonds is 9. The van der Waals surface area contributed by atoms with E-state index in [4.69, 9.17) is 0 Å². The molecule has 18 heavy (non-hydrogen) atoms. The Kier molecular flexibility index (Phi) is 6.72. The van der Waals surface area contributed by atoms with E-state index in [2.05, 4.69) is 10.6 Å². The van der Waals surface area contributed by atoms with E-state index < -0.39 is 0 Å². The van der Waals surface area contributed by atoms with Crippen molar-refractivity contribution in [3.8, 4) is 0 Å².